The minimum absolute atomic E-state index is 0.00485. The molecule has 0 atom stereocenters. The number of hydrogen-bond donors (Lipinski definition) is 3. The van der Waals surface area contributed by atoms with Gasteiger partial charge in [0.2, 0.25) is 0 Å². The largest absolute Gasteiger partial charge is 0.497 e. The molecule has 148 valence electrons. The minimum atomic E-state index is -0.897. The first-order valence-corrected chi connectivity index (χ1v) is 8.64. The Balaban J connectivity index is 1.77. The number of aliphatic carboxylic acids is 1. The predicted molar refractivity (Wildman–Crippen MR) is 103 cm³/mol. The van der Waals surface area contributed by atoms with Gasteiger partial charge in [-0.15, -0.1) is 0 Å². The molecular weight excluding hydrogens is 364 g/mol. The summed E-state index contributed by atoms with van der Waals surface area (Å²) in [5, 5.41) is 13.9. The number of hydrogen-bond acceptors (Lipinski definition) is 5. The van der Waals surface area contributed by atoms with Gasteiger partial charge in [0.25, 0.3) is 11.8 Å². The van der Waals surface area contributed by atoms with Gasteiger partial charge in [0.15, 0.2) is 6.61 Å². The summed E-state index contributed by atoms with van der Waals surface area (Å²) in [5.74, 6) is -0.439. The third-order valence-electron chi connectivity index (χ3n) is 3.69. The van der Waals surface area contributed by atoms with Crippen molar-refractivity contribution in [2.75, 3.05) is 25.6 Å². The van der Waals surface area contributed by atoms with Gasteiger partial charge in [-0.05, 0) is 42.8 Å². The average Bonchev–Trinajstić information content (AvgIpc) is 2.70. The highest BCUT2D eigenvalue weighted by atomic mass is 16.5. The van der Waals surface area contributed by atoms with Gasteiger partial charge in [-0.2, -0.15) is 0 Å². The number of nitrogens with one attached hydrogen (secondary N) is 2. The molecule has 0 fully saturated rings. The number of carbonyl (C=O) groups is 3. The lowest BCUT2D eigenvalue weighted by Crippen LogP contribution is -2.24. The van der Waals surface area contributed by atoms with Crippen molar-refractivity contribution < 1.29 is 29.0 Å². The van der Waals surface area contributed by atoms with Crippen LogP contribution in [0.3, 0.4) is 0 Å². The van der Waals surface area contributed by atoms with E-state index in [1.807, 2.05) is 0 Å². The van der Waals surface area contributed by atoms with Gasteiger partial charge in [0.05, 0.1) is 7.11 Å². The highest BCUT2D eigenvalue weighted by Gasteiger charge is 2.08. The van der Waals surface area contributed by atoms with E-state index in [-0.39, 0.29) is 31.4 Å². The molecule has 0 unspecified atom stereocenters. The molecule has 0 aliphatic rings. The van der Waals surface area contributed by atoms with Gasteiger partial charge in [-0.25, -0.2) is 0 Å². The van der Waals surface area contributed by atoms with Crippen LogP contribution in [0.1, 0.15) is 23.2 Å². The summed E-state index contributed by atoms with van der Waals surface area (Å²) in [6, 6.07) is 13.3. The number of rotatable bonds is 10. The fourth-order valence-electron chi connectivity index (χ4n) is 2.29. The van der Waals surface area contributed by atoms with E-state index in [0.717, 1.165) is 0 Å². The maximum atomic E-state index is 12.0. The van der Waals surface area contributed by atoms with Crippen LogP contribution < -0.4 is 20.1 Å². The third-order valence-corrected chi connectivity index (χ3v) is 3.69. The Morgan fingerprint density at radius 2 is 1.79 bits per heavy atom. The van der Waals surface area contributed by atoms with Crippen LogP contribution in [0.15, 0.2) is 48.5 Å². The quantitative estimate of drug-likeness (QED) is 0.540. The van der Waals surface area contributed by atoms with E-state index in [4.69, 9.17) is 14.6 Å². The summed E-state index contributed by atoms with van der Waals surface area (Å²) in [6.45, 7) is 0.103. The smallest absolute Gasteiger partial charge is 0.303 e. The molecule has 28 heavy (non-hydrogen) atoms. The second-order valence-electron chi connectivity index (χ2n) is 5.85. The Kier molecular flexibility index (Phi) is 7.83. The number of ether oxygens (including phenoxy) is 2. The Hall–Kier alpha value is -3.55. The molecule has 0 heterocycles. The van der Waals surface area contributed by atoms with Crippen molar-refractivity contribution in [3.63, 3.8) is 0 Å². The first kappa shape index (κ1) is 20.8. The van der Waals surface area contributed by atoms with E-state index in [1.165, 1.54) is 0 Å². The molecule has 0 aliphatic carbocycles. The Morgan fingerprint density at radius 3 is 2.46 bits per heavy atom. The summed E-state index contributed by atoms with van der Waals surface area (Å²) in [4.78, 5) is 34.4. The van der Waals surface area contributed by atoms with Crippen LogP contribution in [0, 0.1) is 0 Å². The predicted octanol–water partition coefficient (Wildman–Crippen LogP) is 2.31. The molecule has 0 aliphatic heterocycles. The lowest BCUT2D eigenvalue weighted by molar-refractivity contribution is -0.137. The molecule has 0 saturated carbocycles. The van der Waals surface area contributed by atoms with Crippen molar-refractivity contribution in [3.8, 4) is 11.5 Å². The first-order chi connectivity index (χ1) is 13.5. The van der Waals surface area contributed by atoms with Gasteiger partial charge < -0.3 is 25.2 Å². The van der Waals surface area contributed by atoms with E-state index >= 15 is 0 Å². The number of carbonyl (C=O) groups excluding carboxylic acids is 2. The van der Waals surface area contributed by atoms with Crippen LogP contribution in [0.25, 0.3) is 0 Å². The fourth-order valence-corrected chi connectivity index (χ4v) is 2.29. The van der Waals surface area contributed by atoms with E-state index < -0.39 is 5.97 Å². The SMILES string of the molecule is COc1cccc(NC(=O)COc2ccc(C(=O)NCCCC(=O)O)cc2)c1. The molecule has 0 saturated heterocycles. The summed E-state index contributed by atoms with van der Waals surface area (Å²) in [6.07, 6.45) is 0.371. The van der Waals surface area contributed by atoms with Gasteiger partial charge in [-0.3, -0.25) is 14.4 Å². The van der Waals surface area contributed by atoms with Crippen LogP contribution >= 0.6 is 0 Å². The average molecular weight is 386 g/mol. The summed E-state index contributed by atoms with van der Waals surface area (Å²) in [7, 11) is 1.55. The number of carboxylic acid groups (broad SMARTS) is 1. The molecule has 8 nitrogen and oxygen atoms in total. The Bertz CT molecular complexity index is 820. The van der Waals surface area contributed by atoms with Crippen LogP contribution in [0.2, 0.25) is 0 Å². The van der Waals surface area contributed by atoms with Crippen molar-refractivity contribution in [3.05, 3.63) is 54.1 Å². The number of amides is 2. The highest BCUT2D eigenvalue weighted by Crippen LogP contribution is 2.17. The lowest BCUT2D eigenvalue weighted by Gasteiger charge is -2.09. The van der Waals surface area contributed by atoms with Crippen LogP contribution in [-0.2, 0) is 9.59 Å². The van der Waals surface area contributed by atoms with Gasteiger partial charge in [-0.1, -0.05) is 6.07 Å². The first-order valence-electron chi connectivity index (χ1n) is 8.64. The van der Waals surface area contributed by atoms with Crippen molar-refractivity contribution >= 4 is 23.5 Å². The number of methoxy groups -OCH3 is 1. The normalized spacial score (nSPS) is 10.0. The number of carboxylic acids is 1. The maximum Gasteiger partial charge on any atom is 0.303 e. The molecule has 2 amide bonds. The van der Waals surface area contributed by atoms with Crippen molar-refractivity contribution in [2.24, 2.45) is 0 Å². The number of benzene rings is 2. The van der Waals surface area contributed by atoms with Crippen LogP contribution in [0.5, 0.6) is 11.5 Å². The molecule has 0 radical (unpaired) electrons. The highest BCUT2D eigenvalue weighted by molar-refractivity contribution is 5.94. The third kappa shape index (κ3) is 6.99. The van der Waals surface area contributed by atoms with E-state index in [1.54, 1.807) is 55.6 Å². The van der Waals surface area contributed by atoms with Crippen LogP contribution in [0.4, 0.5) is 5.69 Å². The number of anilines is 1. The van der Waals surface area contributed by atoms with Gasteiger partial charge in [0, 0.05) is 30.3 Å². The Labute approximate surface area is 162 Å². The second-order valence-corrected chi connectivity index (χ2v) is 5.85. The fraction of sp³-hybridized carbons (Fsp3) is 0.250. The van der Waals surface area contributed by atoms with E-state index in [2.05, 4.69) is 10.6 Å². The Morgan fingerprint density at radius 1 is 1.04 bits per heavy atom. The molecule has 0 aromatic heterocycles. The van der Waals surface area contributed by atoms with Crippen molar-refractivity contribution in [1.82, 2.24) is 5.32 Å². The molecule has 8 heteroatoms. The summed E-state index contributed by atoms with van der Waals surface area (Å²) >= 11 is 0. The van der Waals surface area contributed by atoms with Crippen molar-refractivity contribution in [1.29, 1.82) is 0 Å². The standard InChI is InChI=1S/C20H22N2O6/c1-27-17-5-2-4-15(12-17)22-18(23)13-28-16-9-7-14(8-10-16)20(26)21-11-3-6-19(24)25/h2,4-5,7-10,12H,3,6,11,13H2,1H3,(H,21,26)(H,22,23)(H,24,25). The summed E-state index contributed by atoms with van der Waals surface area (Å²) in [5.41, 5.74) is 1.02. The van der Waals surface area contributed by atoms with Crippen LogP contribution in [-0.4, -0.2) is 43.2 Å². The molecule has 2 rings (SSSR count). The maximum absolute atomic E-state index is 12.0. The zero-order valence-electron chi connectivity index (χ0n) is 15.4. The topological polar surface area (TPSA) is 114 Å². The van der Waals surface area contributed by atoms with Gasteiger partial charge in [0.1, 0.15) is 11.5 Å². The lowest BCUT2D eigenvalue weighted by atomic mass is 10.2. The zero-order valence-corrected chi connectivity index (χ0v) is 15.4. The molecule has 3 N–H and O–H groups in total. The zero-order chi connectivity index (χ0) is 20.4. The van der Waals surface area contributed by atoms with Gasteiger partial charge >= 0.3 is 5.97 Å². The van der Waals surface area contributed by atoms with E-state index in [9.17, 15) is 14.4 Å². The second kappa shape index (κ2) is 10.6. The molecule has 0 bridgehead atoms. The van der Waals surface area contributed by atoms with E-state index in [0.29, 0.717) is 29.2 Å². The molecule has 0 spiro atoms. The van der Waals surface area contributed by atoms with Crippen molar-refractivity contribution in [2.45, 2.75) is 12.8 Å². The molecule has 2 aromatic carbocycles. The monoisotopic (exact) mass is 386 g/mol. The minimum Gasteiger partial charge on any atom is -0.497 e. The molecule has 2 aromatic rings. The molecular formula is C20H22N2O6. The summed E-state index contributed by atoms with van der Waals surface area (Å²) < 4.78 is 10.5.